The standard InChI is InChI=1S/C18H18O4/c1-21-17(22-2)16(20)18(13-19,14-9-5-3-6-10-14)15-11-7-4-8-12-15/h3-13,17H,1-2H3. The van der Waals surface area contributed by atoms with E-state index in [4.69, 9.17) is 9.47 Å². The quantitative estimate of drug-likeness (QED) is 0.447. The molecule has 0 aliphatic heterocycles. The molecule has 0 atom stereocenters. The van der Waals surface area contributed by atoms with Crippen molar-refractivity contribution in [1.82, 2.24) is 0 Å². The van der Waals surface area contributed by atoms with Crippen LogP contribution < -0.4 is 0 Å². The van der Waals surface area contributed by atoms with E-state index in [0.717, 1.165) is 0 Å². The lowest BCUT2D eigenvalue weighted by molar-refractivity contribution is -0.161. The molecule has 0 saturated carbocycles. The fourth-order valence-electron chi connectivity index (χ4n) is 2.54. The number of ether oxygens (including phenoxy) is 2. The van der Waals surface area contributed by atoms with E-state index in [1.807, 2.05) is 12.1 Å². The summed E-state index contributed by atoms with van der Waals surface area (Å²) >= 11 is 0. The molecule has 0 heterocycles. The third-order valence-electron chi connectivity index (χ3n) is 3.67. The van der Waals surface area contributed by atoms with Gasteiger partial charge in [-0.25, -0.2) is 0 Å². The predicted molar refractivity (Wildman–Crippen MR) is 82.5 cm³/mol. The summed E-state index contributed by atoms with van der Waals surface area (Å²) in [6, 6.07) is 17.8. The maximum Gasteiger partial charge on any atom is 0.219 e. The van der Waals surface area contributed by atoms with Crippen LogP contribution in [0.25, 0.3) is 0 Å². The van der Waals surface area contributed by atoms with Crippen LogP contribution in [-0.2, 0) is 24.5 Å². The molecule has 0 fully saturated rings. The van der Waals surface area contributed by atoms with E-state index in [9.17, 15) is 9.59 Å². The van der Waals surface area contributed by atoms with Crippen molar-refractivity contribution in [2.75, 3.05) is 14.2 Å². The average molecular weight is 298 g/mol. The van der Waals surface area contributed by atoms with Crippen LogP contribution in [0.4, 0.5) is 0 Å². The van der Waals surface area contributed by atoms with Crippen molar-refractivity contribution in [2.45, 2.75) is 11.7 Å². The Morgan fingerprint density at radius 2 is 1.32 bits per heavy atom. The fourth-order valence-corrected chi connectivity index (χ4v) is 2.54. The molecule has 2 aromatic carbocycles. The molecule has 114 valence electrons. The maximum absolute atomic E-state index is 13.0. The lowest BCUT2D eigenvalue weighted by Gasteiger charge is -2.30. The first-order valence-corrected chi connectivity index (χ1v) is 6.88. The number of rotatable bonds is 7. The lowest BCUT2D eigenvalue weighted by atomic mass is 9.72. The van der Waals surface area contributed by atoms with E-state index in [1.165, 1.54) is 14.2 Å². The van der Waals surface area contributed by atoms with Gasteiger partial charge in [0.25, 0.3) is 0 Å². The second-order valence-electron chi connectivity index (χ2n) is 4.83. The molecule has 0 spiro atoms. The molecule has 0 unspecified atom stereocenters. The summed E-state index contributed by atoms with van der Waals surface area (Å²) in [5.74, 6) is -0.454. The molecule has 0 aliphatic rings. The van der Waals surface area contributed by atoms with E-state index in [-0.39, 0.29) is 0 Å². The van der Waals surface area contributed by atoms with Crippen molar-refractivity contribution in [3.8, 4) is 0 Å². The summed E-state index contributed by atoms with van der Waals surface area (Å²) < 4.78 is 10.2. The number of Topliss-reactive ketones (excluding diaryl/α,β-unsaturated/α-hetero) is 1. The largest absolute Gasteiger partial charge is 0.349 e. The highest BCUT2D eigenvalue weighted by atomic mass is 16.7. The zero-order valence-electron chi connectivity index (χ0n) is 12.6. The van der Waals surface area contributed by atoms with E-state index < -0.39 is 17.5 Å². The first kappa shape index (κ1) is 16.1. The van der Waals surface area contributed by atoms with Crippen molar-refractivity contribution in [1.29, 1.82) is 0 Å². The Morgan fingerprint density at radius 1 is 0.909 bits per heavy atom. The Morgan fingerprint density at radius 3 is 1.64 bits per heavy atom. The highest BCUT2D eigenvalue weighted by molar-refractivity contribution is 6.09. The molecule has 0 aliphatic carbocycles. The third kappa shape index (κ3) is 2.71. The normalized spacial score (nSPS) is 11.4. The van der Waals surface area contributed by atoms with Crippen molar-refractivity contribution >= 4 is 12.1 Å². The number of carbonyl (C=O) groups is 2. The predicted octanol–water partition coefficient (Wildman–Crippen LogP) is 2.36. The molecular formula is C18H18O4. The van der Waals surface area contributed by atoms with Gasteiger partial charge in [0, 0.05) is 14.2 Å². The Balaban J connectivity index is 2.68. The average Bonchev–Trinajstić information content (AvgIpc) is 2.59. The number of methoxy groups -OCH3 is 2. The molecular weight excluding hydrogens is 280 g/mol. The molecule has 4 heteroatoms. The summed E-state index contributed by atoms with van der Waals surface area (Å²) in [6.45, 7) is 0. The van der Waals surface area contributed by atoms with Gasteiger partial charge < -0.3 is 14.3 Å². The molecule has 0 amide bonds. The minimum absolute atomic E-state index is 0.454. The smallest absolute Gasteiger partial charge is 0.219 e. The van der Waals surface area contributed by atoms with Gasteiger partial charge in [-0.05, 0) is 11.1 Å². The van der Waals surface area contributed by atoms with Crippen LogP contribution in [0.2, 0.25) is 0 Å². The minimum atomic E-state index is -1.46. The maximum atomic E-state index is 13.0. The first-order valence-electron chi connectivity index (χ1n) is 6.88. The van der Waals surface area contributed by atoms with Crippen molar-refractivity contribution in [3.05, 3.63) is 71.8 Å². The van der Waals surface area contributed by atoms with Crippen LogP contribution in [0.15, 0.2) is 60.7 Å². The van der Waals surface area contributed by atoms with Gasteiger partial charge in [-0.2, -0.15) is 0 Å². The SMILES string of the molecule is COC(OC)C(=O)C(C=O)(c1ccccc1)c1ccccc1. The van der Waals surface area contributed by atoms with Gasteiger partial charge in [0.15, 0.2) is 0 Å². The van der Waals surface area contributed by atoms with Crippen LogP contribution in [0, 0.1) is 0 Å². The number of ketones is 1. The molecule has 2 aromatic rings. The molecule has 22 heavy (non-hydrogen) atoms. The van der Waals surface area contributed by atoms with Gasteiger partial charge in [0.2, 0.25) is 12.1 Å². The van der Waals surface area contributed by atoms with Crippen LogP contribution in [0.1, 0.15) is 11.1 Å². The summed E-state index contributed by atoms with van der Waals surface area (Å²) in [6.07, 6.45) is -0.462. The summed E-state index contributed by atoms with van der Waals surface area (Å²) in [5, 5.41) is 0. The van der Waals surface area contributed by atoms with Crippen molar-refractivity contribution in [3.63, 3.8) is 0 Å². The Labute approximate surface area is 129 Å². The fraction of sp³-hybridized carbons (Fsp3) is 0.222. The van der Waals surface area contributed by atoms with Crippen LogP contribution in [-0.4, -0.2) is 32.6 Å². The topological polar surface area (TPSA) is 52.6 Å². The number of aldehydes is 1. The van der Waals surface area contributed by atoms with Gasteiger partial charge in [0.1, 0.15) is 11.7 Å². The zero-order valence-corrected chi connectivity index (χ0v) is 12.6. The van der Waals surface area contributed by atoms with E-state index in [0.29, 0.717) is 17.4 Å². The van der Waals surface area contributed by atoms with Gasteiger partial charge >= 0.3 is 0 Å². The Bertz CT molecular complexity index is 579. The van der Waals surface area contributed by atoms with Crippen LogP contribution >= 0.6 is 0 Å². The lowest BCUT2D eigenvalue weighted by Crippen LogP contribution is -2.46. The van der Waals surface area contributed by atoms with Crippen molar-refractivity contribution < 1.29 is 19.1 Å². The van der Waals surface area contributed by atoms with E-state index in [1.54, 1.807) is 48.5 Å². The highest BCUT2D eigenvalue weighted by Gasteiger charge is 2.45. The molecule has 2 rings (SSSR count). The molecule has 4 nitrogen and oxygen atoms in total. The van der Waals surface area contributed by atoms with Gasteiger partial charge in [-0.3, -0.25) is 4.79 Å². The van der Waals surface area contributed by atoms with Gasteiger partial charge in [-0.15, -0.1) is 0 Å². The first-order chi connectivity index (χ1) is 10.7. The number of carbonyl (C=O) groups excluding carboxylic acids is 2. The number of benzene rings is 2. The highest BCUT2D eigenvalue weighted by Crippen LogP contribution is 2.33. The van der Waals surface area contributed by atoms with Crippen LogP contribution in [0.5, 0.6) is 0 Å². The summed E-state index contributed by atoms with van der Waals surface area (Å²) in [4.78, 5) is 25.1. The van der Waals surface area contributed by atoms with E-state index in [2.05, 4.69) is 0 Å². The molecule has 0 N–H and O–H groups in total. The second kappa shape index (κ2) is 7.11. The summed E-state index contributed by atoms with van der Waals surface area (Å²) in [7, 11) is 2.75. The van der Waals surface area contributed by atoms with Gasteiger partial charge in [0.05, 0.1) is 0 Å². The minimum Gasteiger partial charge on any atom is -0.349 e. The zero-order chi connectivity index (χ0) is 16.0. The number of hydrogen-bond donors (Lipinski definition) is 0. The molecule has 0 radical (unpaired) electrons. The molecule has 0 saturated heterocycles. The van der Waals surface area contributed by atoms with Crippen molar-refractivity contribution in [2.24, 2.45) is 0 Å². The Hall–Kier alpha value is -2.30. The number of hydrogen-bond acceptors (Lipinski definition) is 4. The van der Waals surface area contributed by atoms with E-state index >= 15 is 0 Å². The molecule has 0 bridgehead atoms. The summed E-state index contributed by atoms with van der Waals surface area (Å²) in [5.41, 5.74) is -0.292. The van der Waals surface area contributed by atoms with Crippen LogP contribution in [0.3, 0.4) is 0 Å². The van der Waals surface area contributed by atoms with Gasteiger partial charge in [-0.1, -0.05) is 60.7 Å². The molecule has 0 aromatic heterocycles. The Kier molecular flexibility index (Phi) is 5.20. The third-order valence-corrected chi connectivity index (χ3v) is 3.67. The second-order valence-corrected chi connectivity index (χ2v) is 4.83. The monoisotopic (exact) mass is 298 g/mol.